The average molecular weight is 263 g/mol. The van der Waals surface area contributed by atoms with Gasteiger partial charge in [0, 0.05) is 32.0 Å². The van der Waals surface area contributed by atoms with Crippen molar-refractivity contribution in [3.8, 4) is 0 Å². The number of hydrogen-bond acceptors (Lipinski definition) is 4. The Morgan fingerprint density at radius 2 is 2.37 bits per heavy atom. The monoisotopic (exact) mass is 263 g/mol. The van der Waals surface area contributed by atoms with E-state index in [9.17, 15) is 4.79 Å². The predicted molar refractivity (Wildman–Crippen MR) is 74.3 cm³/mol. The number of pyridine rings is 1. The van der Waals surface area contributed by atoms with E-state index in [1.165, 1.54) is 0 Å². The highest BCUT2D eigenvalue weighted by Crippen LogP contribution is 2.21. The topological polar surface area (TPSA) is 54.5 Å². The van der Waals surface area contributed by atoms with E-state index >= 15 is 0 Å². The SMILES string of the molecule is CCNc1ccncc1C(=O)N1CCOC(C)(C)C1. The zero-order valence-corrected chi connectivity index (χ0v) is 11.8. The summed E-state index contributed by atoms with van der Waals surface area (Å²) in [6.07, 6.45) is 3.32. The molecule has 2 heterocycles. The van der Waals surface area contributed by atoms with Crippen LogP contribution in [0.3, 0.4) is 0 Å². The predicted octanol–water partition coefficient (Wildman–Crippen LogP) is 1.76. The number of amides is 1. The van der Waals surface area contributed by atoms with Crippen molar-refractivity contribution < 1.29 is 9.53 Å². The summed E-state index contributed by atoms with van der Waals surface area (Å²) < 4.78 is 5.63. The first-order valence-electron chi connectivity index (χ1n) is 6.64. The molecule has 0 saturated carbocycles. The summed E-state index contributed by atoms with van der Waals surface area (Å²) in [5, 5.41) is 3.20. The Kier molecular flexibility index (Phi) is 4.04. The number of hydrogen-bond donors (Lipinski definition) is 1. The molecule has 1 aromatic rings. The molecule has 0 bridgehead atoms. The molecule has 0 atom stereocenters. The van der Waals surface area contributed by atoms with Gasteiger partial charge in [-0.05, 0) is 26.8 Å². The van der Waals surface area contributed by atoms with Crippen molar-refractivity contribution in [1.82, 2.24) is 9.88 Å². The molecule has 1 saturated heterocycles. The van der Waals surface area contributed by atoms with Gasteiger partial charge in [-0.1, -0.05) is 0 Å². The highest BCUT2D eigenvalue weighted by Gasteiger charge is 2.31. The zero-order valence-electron chi connectivity index (χ0n) is 11.8. The zero-order chi connectivity index (χ0) is 13.9. The van der Waals surface area contributed by atoms with Gasteiger partial charge in [0.05, 0.1) is 23.5 Å². The summed E-state index contributed by atoms with van der Waals surface area (Å²) in [5.41, 5.74) is 1.18. The van der Waals surface area contributed by atoms with E-state index in [1.807, 2.05) is 31.7 Å². The van der Waals surface area contributed by atoms with E-state index in [-0.39, 0.29) is 11.5 Å². The summed E-state index contributed by atoms with van der Waals surface area (Å²) in [7, 11) is 0. The van der Waals surface area contributed by atoms with Gasteiger partial charge in [-0.2, -0.15) is 0 Å². The number of rotatable bonds is 3. The molecule has 0 aromatic carbocycles. The molecule has 1 aliphatic heterocycles. The lowest BCUT2D eigenvalue weighted by atomic mass is 10.1. The largest absolute Gasteiger partial charge is 0.385 e. The third-order valence-corrected chi connectivity index (χ3v) is 3.13. The molecule has 0 radical (unpaired) electrons. The number of morpholine rings is 1. The van der Waals surface area contributed by atoms with Gasteiger partial charge in [-0.25, -0.2) is 0 Å². The van der Waals surface area contributed by atoms with Crippen molar-refractivity contribution in [2.75, 3.05) is 31.6 Å². The van der Waals surface area contributed by atoms with Crippen molar-refractivity contribution in [3.63, 3.8) is 0 Å². The van der Waals surface area contributed by atoms with Crippen LogP contribution in [0.5, 0.6) is 0 Å². The van der Waals surface area contributed by atoms with Gasteiger partial charge in [0.15, 0.2) is 0 Å². The van der Waals surface area contributed by atoms with Crippen LogP contribution in [0.25, 0.3) is 0 Å². The van der Waals surface area contributed by atoms with Crippen LogP contribution in [0.1, 0.15) is 31.1 Å². The molecular formula is C14H21N3O2. The second kappa shape index (κ2) is 5.57. The number of anilines is 1. The third-order valence-electron chi connectivity index (χ3n) is 3.13. The minimum Gasteiger partial charge on any atom is -0.385 e. The molecule has 5 nitrogen and oxygen atoms in total. The maximum Gasteiger partial charge on any atom is 0.257 e. The Hall–Kier alpha value is -1.62. The average Bonchev–Trinajstić information content (AvgIpc) is 2.38. The van der Waals surface area contributed by atoms with Crippen molar-refractivity contribution in [1.29, 1.82) is 0 Å². The van der Waals surface area contributed by atoms with Crippen LogP contribution in [0.2, 0.25) is 0 Å². The number of ether oxygens (including phenoxy) is 1. The summed E-state index contributed by atoms with van der Waals surface area (Å²) in [6, 6.07) is 1.84. The lowest BCUT2D eigenvalue weighted by molar-refractivity contribution is -0.0763. The first kappa shape index (κ1) is 13.8. The third kappa shape index (κ3) is 3.23. The number of carbonyl (C=O) groups is 1. The number of nitrogens with zero attached hydrogens (tertiary/aromatic N) is 2. The Morgan fingerprint density at radius 3 is 3.05 bits per heavy atom. The molecule has 19 heavy (non-hydrogen) atoms. The van der Waals surface area contributed by atoms with Crippen LogP contribution in [0.4, 0.5) is 5.69 Å². The molecule has 5 heteroatoms. The van der Waals surface area contributed by atoms with Crippen LogP contribution in [0, 0.1) is 0 Å². The lowest BCUT2D eigenvalue weighted by Crippen LogP contribution is -2.50. The fraction of sp³-hybridized carbons (Fsp3) is 0.571. The van der Waals surface area contributed by atoms with E-state index in [2.05, 4.69) is 10.3 Å². The van der Waals surface area contributed by atoms with Crippen LogP contribution in [0.15, 0.2) is 18.5 Å². The summed E-state index contributed by atoms with van der Waals surface area (Å²) in [4.78, 5) is 18.5. The Bertz CT molecular complexity index is 460. The molecule has 0 spiro atoms. The van der Waals surface area contributed by atoms with Gasteiger partial charge in [0.1, 0.15) is 0 Å². The van der Waals surface area contributed by atoms with Gasteiger partial charge in [0.25, 0.3) is 5.91 Å². The molecule has 0 unspecified atom stereocenters. The minimum absolute atomic E-state index is 0.0143. The van der Waals surface area contributed by atoms with Gasteiger partial charge in [-0.3, -0.25) is 9.78 Å². The molecular weight excluding hydrogens is 242 g/mol. The van der Waals surface area contributed by atoms with E-state index in [0.717, 1.165) is 12.2 Å². The van der Waals surface area contributed by atoms with Gasteiger partial charge in [-0.15, -0.1) is 0 Å². The standard InChI is InChI=1S/C14H21N3O2/c1-4-16-12-5-6-15-9-11(12)13(18)17-7-8-19-14(2,3)10-17/h5-6,9H,4,7-8,10H2,1-3H3,(H,15,16). The number of carbonyl (C=O) groups excluding carboxylic acids is 1. The van der Waals surface area contributed by atoms with Gasteiger partial charge >= 0.3 is 0 Å². The Balaban J connectivity index is 2.19. The second-order valence-corrected chi connectivity index (χ2v) is 5.29. The van der Waals surface area contributed by atoms with Crippen molar-refractivity contribution in [2.45, 2.75) is 26.4 Å². The molecule has 1 amide bonds. The fourth-order valence-electron chi connectivity index (χ4n) is 2.27. The maximum atomic E-state index is 12.6. The first-order chi connectivity index (χ1) is 9.03. The lowest BCUT2D eigenvalue weighted by Gasteiger charge is -2.38. The summed E-state index contributed by atoms with van der Waals surface area (Å²) in [6.45, 7) is 8.60. The molecule has 1 aliphatic rings. The second-order valence-electron chi connectivity index (χ2n) is 5.29. The quantitative estimate of drug-likeness (QED) is 0.903. The van der Waals surface area contributed by atoms with Crippen molar-refractivity contribution in [3.05, 3.63) is 24.0 Å². The normalized spacial score (nSPS) is 18.2. The highest BCUT2D eigenvalue weighted by molar-refractivity contribution is 5.99. The molecule has 0 aliphatic carbocycles. The van der Waals surface area contributed by atoms with Crippen molar-refractivity contribution in [2.24, 2.45) is 0 Å². The number of aromatic nitrogens is 1. The van der Waals surface area contributed by atoms with Gasteiger partial charge in [0.2, 0.25) is 0 Å². The Morgan fingerprint density at radius 1 is 1.58 bits per heavy atom. The van der Waals surface area contributed by atoms with E-state index < -0.39 is 0 Å². The maximum absolute atomic E-state index is 12.6. The van der Waals surface area contributed by atoms with Crippen LogP contribution in [-0.2, 0) is 4.74 Å². The minimum atomic E-state index is -0.283. The molecule has 104 valence electrons. The van der Waals surface area contributed by atoms with Gasteiger partial charge < -0.3 is 15.0 Å². The molecule has 1 N–H and O–H groups in total. The first-order valence-corrected chi connectivity index (χ1v) is 6.64. The van der Waals surface area contributed by atoms with E-state index in [4.69, 9.17) is 4.74 Å². The van der Waals surface area contributed by atoms with E-state index in [0.29, 0.717) is 25.3 Å². The molecule has 1 aromatic heterocycles. The summed E-state index contributed by atoms with van der Waals surface area (Å²) in [5.74, 6) is 0.0143. The summed E-state index contributed by atoms with van der Waals surface area (Å²) >= 11 is 0. The molecule has 1 fully saturated rings. The highest BCUT2D eigenvalue weighted by atomic mass is 16.5. The van der Waals surface area contributed by atoms with Crippen LogP contribution in [-0.4, -0.2) is 47.6 Å². The fourth-order valence-corrected chi connectivity index (χ4v) is 2.27. The van der Waals surface area contributed by atoms with Crippen molar-refractivity contribution >= 4 is 11.6 Å². The van der Waals surface area contributed by atoms with Crippen LogP contribution >= 0.6 is 0 Å². The smallest absolute Gasteiger partial charge is 0.257 e. The van der Waals surface area contributed by atoms with Crippen LogP contribution < -0.4 is 5.32 Å². The Labute approximate surface area is 114 Å². The number of nitrogens with one attached hydrogen (secondary N) is 1. The van der Waals surface area contributed by atoms with E-state index in [1.54, 1.807) is 12.4 Å². The molecule has 2 rings (SSSR count).